The van der Waals surface area contributed by atoms with E-state index in [1.807, 2.05) is 30.3 Å². The number of alkyl halides is 3. The number of rotatable bonds is 4. The molecule has 0 saturated carbocycles. The molecule has 28 heavy (non-hydrogen) atoms. The Bertz CT molecular complexity index is 699. The second kappa shape index (κ2) is 8.38. The van der Waals surface area contributed by atoms with Crippen molar-refractivity contribution in [3.8, 4) is 0 Å². The van der Waals surface area contributed by atoms with Gasteiger partial charge in [0.25, 0.3) is 0 Å². The van der Waals surface area contributed by atoms with Gasteiger partial charge in [-0.25, -0.2) is 4.79 Å². The smallest absolute Gasteiger partial charge is 0.394 e. The van der Waals surface area contributed by atoms with Crippen molar-refractivity contribution in [2.45, 2.75) is 31.6 Å². The maximum absolute atomic E-state index is 13.1. The third-order valence-electron chi connectivity index (χ3n) is 5.43. The van der Waals surface area contributed by atoms with Crippen molar-refractivity contribution in [3.05, 3.63) is 35.9 Å². The normalized spacial score (nSPS) is 26.2. The monoisotopic (exact) mass is 399 g/mol. The van der Waals surface area contributed by atoms with E-state index in [1.54, 1.807) is 0 Å². The second-order valence-corrected chi connectivity index (χ2v) is 7.51. The molecular weight excluding hydrogens is 375 g/mol. The van der Waals surface area contributed by atoms with Crippen molar-refractivity contribution in [1.82, 2.24) is 15.1 Å². The number of aliphatic carboxylic acids is 1. The fourth-order valence-electron chi connectivity index (χ4n) is 3.98. The molecule has 2 fully saturated rings. The van der Waals surface area contributed by atoms with Crippen LogP contribution in [0.5, 0.6) is 0 Å². The zero-order chi connectivity index (χ0) is 20.3. The van der Waals surface area contributed by atoms with E-state index in [1.165, 1.54) is 0 Å². The van der Waals surface area contributed by atoms with Crippen molar-refractivity contribution < 1.29 is 27.9 Å². The fourth-order valence-corrected chi connectivity index (χ4v) is 3.98. The summed E-state index contributed by atoms with van der Waals surface area (Å²) in [4.78, 5) is 26.8. The predicted molar refractivity (Wildman–Crippen MR) is 95.5 cm³/mol. The van der Waals surface area contributed by atoms with Crippen molar-refractivity contribution >= 4 is 12.0 Å². The van der Waals surface area contributed by atoms with Crippen molar-refractivity contribution in [2.24, 2.45) is 11.8 Å². The Kier molecular flexibility index (Phi) is 6.12. The molecule has 2 amide bonds. The maximum Gasteiger partial charge on any atom is 0.394 e. The van der Waals surface area contributed by atoms with Gasteiger partial charge in [-0.1, -0.05) is 30.3 Å². The Balaban J connectivity index is 1.56. The number of carboxylic acid groups (broad SMARTS) is 1. The van der Waals surface area contributed by atoms with Crippen molar-refractivity contribution in [1.29, 1.82) is 0 Å². The van der Waals surface area contributed by atoms with Gasteiger partial charge in [-0.15, -0.1) is 0 Å². The first kappa shape index (κ1) is 20.4. The first-order valence-electron chi connectivity index (χ1n) is 9.35. The van der Waals surface area contributed by atoms with E-state index >= 15 is 0 Å². The van der Waals surface area contributed by atoms with Crippen LogP contribution in [0.15, 0.2) is 30.3 Å². The molecule has 1 aromatic carbocycles. The predicted octanol–water partition coefficient (Wildman–Crippen LogP) is 2.56. The van der Waals surface area contributed by atoms with Crippen LogP contribution >= 0.6 is 0 Å². The lowest BCUT2D eigenvalue weighted by Gasteiger charge is -2.34. The Hall–Kier alpha value is -2.29. The molecule has 9 heteroatoms. The summed E-state index contributed by atoms with van der Waals surface area (Å²) in [6.07, 6.45) is -3.02. The van der Waals surface area contributed by atoms with Crippen LogP contribution in [0.1, 0.15) is 18.4 Å². The summed E-state index contributed by atoms with van der Waals surface area (Å²) in [6, 6.07) is 9.12. The summed E-state index contributed by atoms with van der Waals surface area (Å²) in [6.45, 7) is 1.20. The van der Waals surface area contributed by atoms with Gasteiger partial charge in [-0.3, -0.25) is 9.69 Å². The van der Waals surface area contributed by atoms with Gasteiger partial charge in [0.2, 0.25) is 0 Å². The maximum atomic E-state index is 13.1. The van der Waals surface area contributed by atoms with E-state index in [4.69, 9.17) is 5.11 Å². The number of amides is 2. The molecule has 154 valence electrons. The molecule has 0 aromatic heterocycles. The highest BCUT2D eigenvalue weighted by Gasteiger charge is 2.53. The molecule has 2 N–H and O–H groups in total. The molecule has 2 aliphatic heterocycles. The molecule has 0 aliphatic carbocycles. The Morgan fingerprint density at radius 1 is 1.14 bits per heavy atom. The molecule has 0 spiro atoms. The van der Waals surface area contributed by atoms with Gasteiger partial charge in [-0.05, 0) is 24.9 Å². The average Bonchev–Trinajstić information content (AvgIpc) is 3.09. The Morgan fingerprint density at radius 2 is 1.86 bits per heavy atom. The van der Waals surface area contributed by atoms with Crippen LogP contribution in [0, 0.1) is 11.8 Å². The highest BCUT2D eigenvalue weighted by atomic mass is 19.4. The fraction of sp³-hybridized carbons (Fsp3) is 0.579. The minimum Gasteiger partial charge on any atom is -0.481 e. The van der Waals surface area contributed by atoms with Crippen LogP contribution in [0.4, 0.5) is 18.0 Å². The summed E-state index contributed by atoms with van der Waals surface area (Å²) in [5, 5.41) is 11.9. The van der Waals surface area contributed by atoms with E-state index < -0.39 is 43.1 Å². The largest absolute Gasteiger partial charge is 0.481 e. The van der Waals surface area contributed by atoms with Gasteiger partial charge in [0, 0.05) is 32.2 Å². The summed E-state index contributed by atoms with van der Waals surface area (Å²) in [7, 11) is 0. The number of piperidine rings is 1. The SMILES string of the molecule is O=C(O)[C@@H]1CN(C(=O)NC2CCCN(Cc3ccccc3)C2)C[C@H]1C(F)(F)F. The molecule has 0 bridgehead atoms. The van der Waals surface area contributed by atoms with Crippen LogP contribution in [-0.2, 0) is 11.3 Å². The molecule has 2 saturated heterocycles. The van der Waals surface area contributed by atoms with Gasteiger partial charge in [0.1, 0.15) is 0 Å². The van der Waals surface area contributed by atoms with Gasteiger partial charge in [0.05, 0.1) is 11.8 Å². The third-order valence-corrected chi connectivity index (χ3v) is 5.43. The summed E-state index contributed by atoms with van der Waals surface area (Å²) < 4.78 is 39.3. The highest BCUT2D eigenvalue weighted by molar-refractivity contribution is 5.78. The molecule has 3 atom stereocenters. The molecule has 2 aliphatic rings. The number of hydrogen-bond acceptors (Lipinski definition) is 3. The first-order valence-corrected chi connectivity index (χ1v) is 9.35. The van der Waals surface area contributed by atoms with Gasteiger partial charge in [0.15, 0.2) is 0 Å². The second-order valence-electron chi connectivity index (χ2n) is 7.51. The molecule has 1 unspecified atom stereocenters. The van der Waals surface area contributed by atoms with Crippen molar-refractivity contribution in [3.63, 3.8) is 0 Å². The number of benzene rings is 1. The van der Waals surface area contributed by atoms with Gasteiger partial charge in [-0.2, -0.15) is 13.2 Å². The number of hydrogen-bond donors (Lipinski definition) is 2. The molecule has 6 nitrogen and oxygen atoms in total. The van der Waals surface area contributed by atoms with Crippen LogP contribution in [-0.4, -0.2) is 65.3 Å². The number of carbonyl (C=O) groups is 2. The van der Waals surface area contributed by atoms with Gasteiger partial charge >= 0.3 is 18.2 Å². The van der Waals surface area contributed by atoms with E-state index in [-0.39, 0.29) is 6.04 Å². The summed E-state index contributed by atoms with van der Waals surface area (Å²) in [5.41, 5.74) is 1.16. The van der Waals surface area contributed by atoms with Crippen LogP contribution in [0.25, 0.3) is 0 Å². The van der Waals surface area contributed by atoms with E-state index in [2.05, 4.69) is 10.2 Å². The lowest BCUT2D eigenvalue weighted by atomic mass is 9.96. The number of halogens is 3. The third kappa shape index (κ3) is 4.95. The zero-order valence-electron chi connectivity index (χ0n) is 15.4. The van der Waals surface area contributed by atoms with Crippen LogP contribution in [0.2, 0.25) is 0 Å². The quantitative estimate of drug-likeness (QED) is 0.816. The number of nitrogens with one attached hydrogen (secondary N) is 1. The standard InChI is InChI=1S/C19H24F3N3O3/c20-19(21,22)16-12-25(11-15(16)17(26)27)18(28)23-14-7-4-8-24(10-14)9-13-5-2-1-3-6-13/h1-3,5-6,14-16H,4,7-12H2,(H,23,28)(H,26,27)/t14?,15-,16-/m1/s1. The van der Waals surface area contributed by atoms with Crippen LogP contribution in [0.3, 0.4) is 0 Å². The molecule has 3 rings (SSSR count). The summed E-state index contributed by atoms with van der Waals surface area (Å²) >= 11 is 0. The van der Waals surface area contributed by atoms with E-state index in [0.29, 0.717) is 6.54 Å². The molecular formula is C19H24F3N3O3. The number of carboxylic acids is 1. The van der Waals surface area contributed by atoms with Gasteiger partial charge < -0.3 is 15.3 Å². The van der Waals surface area contributed by atoms with E-state index in [0.717, 1.165) is 36.4 Å². The summed E-state index contributed by atoms with van der Waals surface area (Å²) in [5.74, 6) is -5.17. The minimum absolute atomic E-state index is 0.168. The highest BCUT2D eigenvalue weighted by Crippen LogP contribution is 2.37. The lowest BCUT2D eigenvalue weighted by Crippen LogP contribution is -2.51. The number of likely N-dealkylation sites (tertiary alicyclic amines) is 2. The number of urea groups is 1. The topological polar surface area (TPSA) is 72.9 Å². The zero-order valence-corrected chi connectivity index (χ0v) is 15.4. The first-order chi connectivity index (χ1) is 13.2. The Labute approximate surface area is 161 Å². The minimum atomic E-state index is -4.64. The van der Waals surface area contributed by atoms with Crippen LogP contribution < -0.4 is 5.32 Å². The molecule has 2 heterocycles. The van der Waals surface area contributed by atoms with Crippen molar-refractivity contribution in [2.75, 3.05) is 26.2 Å². The molecule has 1 aromatic rings. The average molecular weight is 399 g/mol. The number of carbonyl (C=O) groups excluding carboxylic acids is 1. The lowest BCUT2D eigenvalue weighted by molar-refractivity contribution is -0.187. The number of nitrogens with zero attached hydrogens (tertiary/aromatic N) is 2. The molecule has 0 radical (unpaired) electrons. The van der Waals surface area contributed by atoms with E-state index in [9.17, 15) is 22.8 Å². The Morgan fingerprint density at radius 3 is 2.46 bits per heavy atom.